The van der Waals surface area contributed by atoms with E-state index in [4.69, 9.17) is 0 Å². The van der Waals surface area contributed by atoms with Crippen LogP contribution < -0.4 is 0 Å². The van der Waals surface area contributed by atoms with Gasteiger partial charge in [0.05, 0.1) is 4.92 Å². The standard InChI is InChI=1S/C15H20N2O3S/c18-12-5-6-13(17(19)20)11(9-12)10-16-7-8-21-15-4-2-1-3-14(15)16/h5-6,9,14-15,18H,1-4,7-8,10H2/t14-,15-/m1/s1. The van der Waals surface area contributed by atoms with Crippen LogP contribution in [0.3, 0.4) is 0 Å². The average Bonchev–Trinajstić information content (AvgIpc) is 2.47. The molecular formula is C15H20N2O3S. The molecule has 1 aliphatic heterocycles. The van der Waals surface area contributed by atoms with Crippen molar-refractivity contribution < 1.29 is 10.0 Å². The number of fused-ring (bicyclic) bond motifs is 1. The van der Waals surface area contributed by atoms with E-state index in [2.05, 4.69) is 16.7 Å². The van der Waals surface area contributed by atoms with Crippen molar-refractivity contribution in [2.45, 2.75) is 43.5 Å². The number of aromatic hydroxyl groups is 1. The molecule has 0 bridgehead atoms. The lowest BCUT2D eigenvalue weighted by Gasteiger charge is -2.43. The van der Waals surface area contributed by atoms with E-state index in [1.807, 2.05) is 0 Å². The number of benzene rings is 1. The van der Waals surface area contributed by atoms with E-state index in [1.165, 1.54) is 43.9 Å². The number of hydrogen-bond acceptors (Lipinski definition) is 5. The van der Waals surface area contributed by atoms with Gasteiger partial charge in [-0.2, -0.15) is 11.8 Å². The number of phenolic OH excluding ortho intramolecular Hbond substituents is 1. The number of nitrogens with zero attached hydrogens (tertiary/aromatic N) is 2. The third-order valence-corrected chi connectivity index (χ3v) is 5.88. The van der Waals surface area contributed by atoms with Gasteiger partial charge in [0.25, 0.3) is 5.69 Å². The first-order valence-electron chi connectivity index (χ1n) is 7.47. The molecule has 6 heteroatoms. The number of thioether (sulfide) groups is 1. The summed E-state index contributed by atoms with van der Waals surface area (Å²) in [7, 11) is 0. The second-order valence-corrected chi connectivity index (χ2v) is 7.15. The lowest BCUT2D eigenvalue weighted by atomic mass is 9.93. The first kappa shape index (κ1) is 14.7. The Morgan fingerprint density at radius 2 is 2.19 bits per heavy atom. The Bertz CT molecular complexity index is 536. The van der Waals surface area contributed by atoms with Crippen LogP contribution in [0.5, 0.6) is 5.75 Å². The molecule has 2 fully saturated rings. The smallest absolute Gasteiger partial charge is 0.274 e. The van der Waals surface area contributed by atoms with E-state index in [1.54, 1.807) is 0 Å². The van der Waals surface area contributed by atoms with Crippen LogP contribution in [0.15, 0.2) is 18.2 Å². The minimum absolute atomic E-state index is 0.0992. The lowest BCUT2D eigenvalue weighted by molar-refractivity contribution is -0.385. The van der Waals surface area contributed by atoms with Gasteiger partial charge in [-0.15, -0.1) is 0 Å². The highest BCUT2D eigenvalue weighted by atomic mass is 32.2. The normalized spacial score (nSPS) is 26.3. The Kier molecular flexibility index (Phi) is 4.35. The molecule has 1 saturated carbocycles. The first-order chi connectivity index (χ1) is 10.1. The SMILES string of the molecule is O=[N+]([O-])c1ccc(O)cc1CN1CCS[C@@H]2CCCC[C@H]21. The van der Waals surface area contributed by atoms with Crippen molar-refractivity contribution >= 4 is 17.4 Å². The number of nitro groups is 1. The molecule has 1 heterocycles. The second kappa shape index (κ2) is 6.23. The number of rotatable bonds is 3. The highest BCUT2D eigenvalue weighted by Gasteiger charge is 2.34. The summed E-state index contributed by atoms with van der Waals surface area (Å²) in [6, 6.07) is 4.86. The summed E-state index contributed by atoms with van der Waals surface area (Å²) < 4.78 is 0. The molecule has 5 nitrogen and oxygen atoms in total. The summed E-state index contributed by atoms with van der Waals surface area (Å²) in [6.45, 7) is 1.53. The average molecular weight is 308 g/mol. The highest BCUT2D eigenvalue weighted by molar-refractivity contribution is 8.00. The van der Waals surface area contributed by atoms with Gasteiger partial charge in [-0.3, -0.25) is 15.0 Å². The Balaban J connectivity index is 1.82. The van der Waals surface area contributed by atoms with Crippen LogP contribution in [-0.4, -0.2) is 38.5 Å². The van der Waals surface area contributed by atoms with Gasteiger partial charge >= 0.3 is 0 Å². The van der Waals surface area contributed by atoms with Crippen molar-refractivity contribution in [3.63, 3.8) is 0 Å². The molecule has 1 saturated heterocycles. The van der Waals surface area contributed by atoms with Crippen LogP contribution in [-0.2, 0) is 6.54 Å². The van der Waals surface area contributed by atoms with Crippen LogP contribution in [0.4, 0.5) is 5.69 Å². The second-order valence-electron chi connectivity index (χ2n) is 5.80. The predicted octanol–water partition coefficient (Wildman–Crippen LogP) is 3.16. The first-order valence-corrected chi connectivity index (χ1v) is 8.52. The van der Waals surface area contributed by atoms with Crippen LogP contribution in [0.25, 0.3) is 0 Å². The molecule has 2 atom stereocenters. The summed E-state index contributed by atoms with van der Waals surface area (Å²) in [5.74, 6) is 1.19. The van der Waals surface area contributed by atoms with E-state index < -0.39 is 0 Å². The molecule has 1 N–H and O–H groups in total. The van der Waals surface area contributed by atoms with Crippen molar-refractivity contribution in [1.82, 2.24) is 4.90 Å². The molecule has 1 aromatic carbocycles. The largest absolute Gasteiger partial charge is 0.508 e. The van der Waals surface area contributed by atoms with Gasteiger partial charge in [0.15, 0.2) is 0 Å². The van der Waals surface area contributed by atoms with Crippen molar-refractivity contribution in [3.05, 3.63) is 33.9 Å². The van der Waals surface area contributed by atoms with E-state index in [0.717, 1.165) is 12.3 Å². The monoisotopic (exact) mass is 308 g/mol. The zero-order chi connectivity index (χ0) is 14.8. The Morgan fingerprint density at radius 1 is 1.38 bits per heavy atom. The minimum atomic E-state index is -0.355. The molecule has 114 valence electrons. The fourth-order valence-electron chi connectivity index (χ4n) is 3.47. The van der Waals surface area contributed by atoms with Gasteiger partial charge in [-0.05, 0) is 25.0 Å². The topological polar surface area (TPSA) is 66.6 Å². The molecule has 21 heavy (non-hydrogen) atoms. The van der Waals surface area contributed by atoms with Crippen molar-refractivity contribution in [3.8, 4) is 5.75 Å². The van der Waals surface area contributed by atoms with Gasteiger partial charge < -0.3 is 5.11 Å². The molecule has 0 radical (unpaired) electrons. The summed E-state index contributed by atoms with van der Waals surface area (Å²) in [4.78, 5) is 13.2. The Hall–Kier alpha value is -1.27. The number of nitro benzene ring substituents is 1. The molecule has 1 aromatic rings. The zero-order valence-electron chi connectivity index (χ0n) is 11.9. The van der Waals surface area contributed by atoms with Crippen molar-refractivity contribution in [2.75, 3.05) is 12.3 Å². The third-order valence-electron chi connectivity index (χ3n) is 4.48. The summed E-state index contributed by atoms with van der Waals surface area (Å²) in [5, 5.41) is 21.5. The molecule has 3 rings (SSSR count). The maximum Gasteiger partial charge on any atom is 0.274 e. The van der Waals surface area contributed by atoms with Gasteiger partial charge in [0.1, 0.15) is 5.75 Å². The van der Waals surface area contributed by atoms with E-state index >= 15 is 0 Å². The molecule has 2 aliphatic rings. The molecule has 0 spiro atoms. The maximum absolute atomic E-state index is 11.2. The van der Waals surface area contributed by atoms with Gasteiger partial charge in [0, 0.05) is 41.8 Å². The molecule has 1 aliphatic carbocycles. The summed E-state index contributed by atoms with van der Waals surface area (Å²) in [5.41, 5.74) is 0.731. The van der Waals surface area contributed by atoms with E-state index in [0.29, 0.717) is 23.4 Å². The maximum atomic E-state index is 11.2. The molecule has 0 aromatic heterocycles. The van der Waals surface area contributed by atoms with Crippen molar-refractivity contribution in [2.24, 2.45) is 0 Å². The summed E-state index contributed by atoms with van der Waals surface area (Å²) in [6.07, 6.45) is 4.99. The van der Waals surface area contributed by atoms with Gasteiger partial charge in [-0.25, -0.2) is 0 Å². The summed E-state index contributed by atoms with van der Waals surface area (Å²) >= 11 is 2.05. The van der Waals surface area contributed by atoms with Crippen LogP contribution >= 0.6 is 11.8 Å². The zero-order valence-corrected chi connectivity index (χ0v) is 12.7. The minimum Gasteiger partial charge on any atom is -0.508 e. The molecular weight excluding hydrogens is 288 g/mol. The molecule has 0 amide bonds. The molecule has 0 unspecified atom stereocenters. The quantitative estimate of drug-likeness (QED) is 0.686. The predicted molar refractivity (Wildman–Crippen MR) is 83.7 cm³/mol. The number of hydrogen-bond donors (Lipinski definition) is 1. The number of phenols is 1. The Morgan fingerprint density at radius 3 is 3.00 bits per heavy atom. The Labute approximate surface area is 128 Å². The fourth-order valence-corrected chi connectivity index (χ4v) is 4.97. The van der Waals surface area contributed by atoms with Crippen LogP contribution in [0, 0.1) is 10.1 Å². The van der Waals surface area contributed by atoms with Crippen molar-refractivity contribution in [1.29, 1.82) is 0 Å². The van der Waals surface area contributed by atoms with Gasteiger partial charge in [-0.1, -0.05) is 12.8 Å². The third kappa shape index (κ3) is 3.16. The van der Waals surface area contributed by atoms with Crippen LogP contribution in [0.2, 0.25) is 0 Å². The van der Waals surface area contributed by atoms with Crippen LogP contribution in [0.1, 0.15) is 31.2 Å². The highest BCUT2D eigenvalue weighted by Crippen LogP contribution is 2.37. The van der Waals surface area contributed by atoms with Gasteiger partial charge in [0.2, 0.25) is 0 Å². The fraction of sp³-hybridized carbons (Fsp3) is 0.600. The van der Waals surface area contributed by atoms with E-state index in [9.17, 15) is 15.2 Å². The lowest BCUT2D eigenvalue weighted by Crippen LogP contribution is -2.48. The van der Waals surface area contributed by atoms with E-state index in [-0.39, 0.29) is 16.4 Å².